The van der Waals surface area contributed by atoms with Gasteiger partial charge in [-0.3, -0.25) is 0 Å². The molecule has 1 rings (SSSR count). The number of halogens is 5. The van der Waals surface area contributed by atoms with E-state index in [2.05, 4.69) is 20.7 Å². The van der Waals surface area contributed by atoms with E-state index in [4.69, 9.17) is 11.6 Å². The molecule has 0 saturated carbocycles. The van der Waals surface area contributed by atoms with Crippen molar-refractivity contribution < 1.29 is 17.9 Å². The van der Waals surface area contributed by atoms with Gasteiger partial charge in [0.15, 0.2) is 0 Å². The van der Waals surface area contributed by atoms with E-state index < -0.39 is 6.36 Å². The largest absolute Gasteiger partial charge is 0.573 e. The minimum Gasteiger partial charge on any atom is -0.405 e. The first-order chi connectivity index (χ1) is 6.31. The number of aryl methyl sites for hydroxylation is 1. The van der Waals surface area contributed by atoms with Gasteiger partial charge >= 0.3 is 6.36 Å². The molecule has 0 aliphatic rings. The summed E-state index contributed by atoms with van der Waals surface area (Å²) in [6, 6.07) is 2.66. The Balaban J connectivity index is 3.06. The highest BCUT2D eigenvalue weighted by Crippen LogP contribution is 2.37. The van der Waals surface area contributed by atoms with Crippen LogP contribution in [0.4, 0.5) is 13.2 Å². The summed E-state index contributed by atoms with van der Waals surface area (Å²) < 4.78 is 39.4. The number of hydrogen-bond donors (Lipinski definition) is 0. The predicted octanol–water partition coefficient (Wildman–Crippen LogP) is 4.31. The molecule has 0 heterocycles. The fourth-order valence-electron chi connectivity index (χ4n) is 0.832. The third kappa shape index (κ3) is 2.78. The summed E-state index contributed by atoms with van der Waals surface area (Å²) in [4.78, 5) is 0. The molecular formula is C8H5BrClF3O. The van der Waals surface area contributed by atoms with Crippen LogP contribution in [0, 0.1) is 6.92 Å². The maximum Gasteiger partial charge on any atom is 0.573 e. The lowest BCUT2D eigenvalue weighted by Gasteiger charge is -2.11. The van der Waals surface area contributed by atoms with Crippen molar-refractivity contribution in [3.8, 4) is 5.75 Å². The lowest BCUT2D eigenvalue weighted by molar-refractivity contribution is -0.274. The number of hydrogen-bond acceptors (Lipinski definition) is 1. The summed E-state index contributed by atoms with van der Waals surface area (Å²) in [5.74, 6) is -0.340. The Morgan fingerprint density at radius 2 is 1.93 bits per heavy atom. The van der Waals surface area contributed by atoms with Crippen LogP contribution in [0.15, 0.2) is 16.6 Å². The molecule has 78 valence electrons. The topological polar surface area (TPSA) is 9.23 Å². The van der Waals surface area contributed by atoms with Crippen molar-refractivity contribution in [1.82, 2.24) is 0 Å². The zero-order chi connectivity index (χ0) is 10.9. The van der Waals surface area contributed by atoms with Crippen LogP contribution in [-0.4, -0.2) is 6.36 Å². The van der Waals surface area contributed by atoms with Crippen LogP contribution in [0.3, 0.4) is 0 Å². The average molecular weight is 289 g/mol. The van der Waals surface area contributed by atoms with Gasteiger partial charge in [0, 0.05) is 0 Å². The molecule has 0 aliphatic heterocycles. The SMILES string of the molecule is Cc1ccc(OC(F)(F)F)c(Br)c1Cl. The second-order valence-corrected chi connectivity index (χ2v) is 3.73. The Morgan fingerprint density at radius 1 is 1.36 bits per heavy atom. The molecule has 1 aromatic carbocycles. The zero-order valence-corrected chi connectivity index (χ0v) is 9.29. The van der Waals surface area contributed by atoms with E-state index in [0.717, 1.165) is 0 Å². The van der Waals surface area contributed by atoms with E-state index in [1.165, 1.54) is 12.1 Å². The molecule has 0 saturated heterocycles. The molecule has 14 heavy (non-hydrogen) atoms. The predicted molar refractivity (Wildman–Crippen MR) is 50.6 cm³/mol. The van der Waals surface area contributed by atoms with Crippen LogP contribution >= 0.6 is 27.5 Å². The van der Waals surface area contributed by atoms with Gasteiger partial charge < -0.3 is 4.74 Å². The van der Waals surface area contributed by atoms with Gasteiger partial charge in [-0.2, -0.15) is 0 Å². The second-order valence-electron chi connectivity index (χ2n) is 2.56. The molecule has 0 spiro atoms. The van der Waals surface area contributed by atoms with Gasteiger partial charge in [-0.05, 0) is 34.5 Å². The lowest BCUT2D eigenvalue weighted by atomic mass is 10.2. The Morgan fingerprint density at radius 3 is 2.43 bits per heavy atom. The standard InChI is InChI=1S/C8H5BrClF3O/c1-4-2-3-5(6(9)7(4)10)14-8(11,12)13/h2-3H,1H3. The van der Waals surface area contributed by atoms with Crippen molar-refractivity contribution in [2.45, 2.75) is 13.3 Å². The minimum absolute atomic E-state index is 0.108. The summed E-state index contributed by atoms with van der Waals surface area (Å²) in [6.07, 6.45) is -4.71. The Labute approximate surface area is 91.9 Å². The molecule has 0 amide bonds. The summed E-state index contributed by atoms with van der Waals surface area (Å²) in [6.45, 7) is 1.68. The number of benzene rings is 1. The highest BCUT2D eigenvalue weighted by molar-refractivity contribution is 9.10. The van der Waals surface area contributed by atoms with E-state index in [1.54, 1.807) is 6.92 Å². The van der Waals surface area contributed by atoms with Gasteiger partial charge in [-0.1, -0.05) is 17.7 Å². The van der Waals surface area contributed by atoms with Gasteiger partial charge in [-0.25, -0.2) is 0 Å². The molecule has 0 N–H and O–H groups in total. The van der Waals surface area contributed by atoms with Gasteiger partial charge in [0.2, 0.25) is 0 Å². The smallest absolute Gasteiger partial charge is 0.405 e. The second kappa shape index (κ2) is 3.98. The first-order valence-corrected chi connectivity index (χ1v) is 4.68. The van der Waals surface area contributed by atoms with Crippen LogP contribution in [0.2, 0.25) is 5.02 Å². The third-order valence-corrected chi connectivity index (χ3v) is 2.97. The Kier molecular flexibility index (Phi) is 3.32. The van der Waals surface area contributed by atoms with Crippen molar-refractivity contribution in [2.24, 2.45) is 0 Å². The van der Waals surface area contributed by atoms with Crippen molar-refractivity contribution in [2.75, 3.05) is 0 Å². The van der Waals surface area contributed by atoms with E-state index in [-0.39, 0.29) is 15.2 Å². The van der Waals surface area contributed by atoms with Gasteiger partial charge in [-0.15, -0.1) is 13.2 Å². The van der Waals surface area contributed by atoms with Gasteiger partial charge in [0.25, 0.3) is 0 Å². The van der Waals surface area contributed by atoms with Crippen LogP contribution in [0.25, 0.3) is 0 Å². The molecule has 1 aromatic rings. The maximum atomic E-state index is 11.9. The summed E-state index contributed by atoms with van der Waals surface area (Å²) in [5, 5.41) is 0.215. The first kappa shape index (κ1) is 11.7. The van der Waals surface area contributed by atoms with Crippen molar-refractivity contribution in [3.63, 3.8) is 0 Å². The van der Waals surface area contributed by atoms with Crippen LogP contribution in [0.1, 0.15) is 5.56 Å². The van der Waals surface area contributed by atoms with Gasteiger partial charge in [0.1, 0.15) is 5.75 Å². The van der Waals surface area contributed by atoms with Crippen molar-refractivity contribution >= 4 is 27.5 Å². The molecule has 0 bridgehead atoms. The summed E-state index contributed by atoms with van der Waals surface area (Å²) >= 11 is 8.64. The molecule has 0 atom stereocenters. The average Bonchev–Trinajstić information content (AvgIpc) is 2.04. The highest BCUT2D eigenvalue weighted by Gasteiger charge is 2.32. The molecule has 0 aromatic heterocycles. The highest BCUT2D eigenvalue weighted by atomic mass is 79.9. The van der Waals surface area contributed by atoms with E-state index in [9.17, 15) is 13.2 Å². The van der Waals surface area contributed by atoms with E-state index in [1.807, 2.05) is 0 Å². The molecule has 0 unspecified atom stereocenters. The monoisotopic (exact) mass is 288 g/mol. The third-order valence-electron chi connectivity index (χ3n) is 1.47. The van der Waals surface area contributed by atoms with Crippen LogP contribution in [-0.2, 0) is 0 Å². The molecule has 1 nitrogen and oxygen atoms in total. The molecular weight excluding hydrogens is 284 g/mol. The van der Waals surface area contributed by atoms with Crippen molar-refractivity contribution in [3.05, 3.63) is 27.2 Å². The fourth-order valence-corrected chi connectivity index (χ4v) is 1.51. The molecule has 0 radical (unpaired) electrons. The van der Waals surface area contributed by atoms with Gasteiger partial charge in [0.05, 0.1) is 9.50 Å². The Bertz CT molecular complexity index is 351. The Hall–Kier alpha value is -0.420. The number of alkyl halides is 3. The summed E-state index contributed by atoms with van der Waals surface area (Å²) in [7, 11) is 0. The number of ether oxygens (including phenoxy) is 1. The fraction of sp³-hybridized carbons (Fsp3) is 0.250. The molecule has 0 fully saturated rings. The maximum absolute atomic E-state index is 11.9. The summed E-state index contributed by atoms with van der Waals surface area (Å²) in [5.41, 5.74) is 0.674. The number of rotatable bonds is 1. The zero-order valence-electron chi connectivity index (χ0n) is 6.95. The molecule has 0 aliphatic carbocycles. The van der Waals surface area contributed by atoms with E-state index in [0.29, 0.717) is 5.56 Å². The lowest BCUT2D eigenvalue weighted by Crippen LogP contribution is -2.17. The first-order valence-electron chi connectivity index (χ1n) is 3.51. The van der Waals surface area contributed by atoms with E-state index >= 15 is 0 Å². The van der Waals surface area contributed by atoms with Crippen LogP contribution in [0.5, 0.6) is 5.75 Å². The quantitative estimate of drug-likeness (QED) is 0.748. The normalized spacial score (nSPS) is 11.6. The molecule has 6 heteroatoms. The van der Waals surface area contributed by atoms with Crippen LogP contribution < -0.4 is 4.74 Å². The van der Waals surface area contributed by atoms with Crippen molar-refractivity contribution in [1.29, 1.82) is 0 Å². The minimum atomic E-state index is -4.71.